The van der Waals surface area contributed by atoms with Crippen molar-refractivity contribution < 1.29 is 14.3 Å². The molecule has 0 saturated heterocycles. The summed E-state index contributed by atoms with van der Waals surface area (Å²) < 4.78 is 13.3. The van der Waals surface area contributed by atoms with E-state index in [1.807, 2.05) is 6.92 Å². The van der Waals surface area contributed by atoms with Gasteiger partial charge in [0, 0.05) is 11.1 Å². The molecule has 20 heavy (non-hydrogen) atoms. The molecular formula is C16H18FNO2. The van der Waals surface area contributed by atoms with Crippen molar-refractivity contribution in [2.45, 2.75) is 38.1 Å². The van der Waals surface area contributed by atoms with Gasteiger partial charge in [-0.2, -0.15) is 0 Å². The molecule has 1 amide bonds. The topological polar surface area (TPSA) is 49.3 Å². The SMILES string of the molecule is CC1(NC(=O)c2ccc(F)cc2C#CCO)CCCC1. The molecule has 1 saturated carbocycles. The third-order valence-electron chi connectivity index (χ3n) is 3.65. The maximum absolute atomic E-state index is 13.3. The predicted molar refractivity (Wildman–Crippen MR) is 74.7 cm³/mol. The molecule has 1 aliphatic carbocycles. The van der Waals surface area contributed by atoms with Crippen LogP contribution in [0, 0.1) is 17.7 Å². The van der Waals surface area contributed by atoms with Crippen molar-refractivity contribution in [2.75, 3.05) is 6.61 Å². The van der Waals surface area contributed by atoms with Gasteiger partial charge in [0.2, 0.25) is 0 Å². The van der Waals surface area contributed by atoms with Crippen molar-refractivity contribution in [3.05, 3.63) is 35.1 Å². The number of carbonyl (C=O) groups is 1. The van der Waals surface area contributed by atoms with Crippen molar-refractivity contribution in [3.8, 4) is 11.8 Å². The maximum Gasteiger partial charge on any atom is 0.252 e. The Morgan fingerprint density at radius 1 is 1.45 bits per heavy atom. The highest BCUT2D eigenvalue weighted by Crippen LogP contribution is 2.29. The van der Waals surface area contributed by atoms with E-state index in [4.69, 9.17) is 5.11 Å². The van der Waals surface area contributed by atoms with Crippen LogP contribution in [0.3, 0.4) is 0 Å². The number of rotatable bonds is 2. The highest BCUT2D eigenvalue weighted by Gasteiger charge is 2.30. The van der Waals surface area contributed by atoms with Crippen LogP contribution < -0.4 is 5.32 Å². The molecule has 0 heterocycles. The van der Waals surface area contributed by atoms with Crippen LogP contribution in [0.25, 0.3) is 0 Å². The van der Waals surface area contributed by atoms with Gasteiger partial charge in [0.1, 0.15) is 12.4 Å². The lowest BCUT2D eigenvalue weighted by atomic mass is 9.99. The van der Waals surface area contributed by atoms with Crippen LogP contribution in [0.5, 0.6) is 0 Å². The quantitative estimate of drug-likeness (QED) is 0.813. The summed E-state index contributed by atoms with van der Waals surface area (Å²) in [6.07, 6.45) is 4.13. The van der Waals surface area contributed by atoms with Gasteiger partial charge in [-0.05, 0) is 38.0 Å². The molecule has 0 atom stereocenters. The Labute approximate surface area is 118 Å². The largest absolute Gasteiger partial charge is 0.384 e. The molecule has 106 valence electrons. The number of aliphatic hydroxyl groups is 1. The number of hydrogen-bond acceptors (Lipinski definition) is 2. The first-order valence-corrected chi connectivity index (χ1v) is 6.76. The molecule has 0 radical (unpaired) electrons. The van der Waals surface area contributed by atoms with Gasteiger partial charge in [0.25, 0.3) is 5.91 Å². The van der Waals surface area contributed by atoms with E-state index in [0.29, 0.717) is 11.1 Å². The van der Waals surface area contributed by atoms with Crippen LogP contribution in [0.2, 0.25) is 0 Å². The van der Waals surface area contributed by atoms with E-state index in [9.17, 15) is 9.18 Å². The van der Waals surface area contributed by atoms with Crippen LogP contribution >= 0.6 is 0 Å². The lowest BCUT2D eigenvalue weighted by Gasteiger charge is -2.25. The lowest BCUT2D eigenvalue weighted by molar-refractivity contribution is 0.0908. The summed E-state index contributed by atoms with van der Waals surface area (Å²) >= 11 is 0. The van der Waals surface area contributed by atoms with Crippen molar-refractivity contribution in [3.63, 3.8) is 0 Å². The summed E-state index contributed by atoms with van der Waals surface area (Å²) in [5.41, 5.74) is 0.464. The highest BCUT2D eigenvalue weighted by molar-refractivity contribution is 5.97. The molecular weight excluding hydrogens is 257 g/mol. The van der Waals surface area contributed by atoms with Crippen LogP contribution in [0.4, 0.5) is 4.39 Å². The third kappa shape index (κ3) is 3.37. The molecule has 1 fully saturated rings. The Morgan fingerprint density at radius 2 is 2.15 bits per heavy atom. The first-order chi connectivity index (χ1) is 9.54. The molecule has 0 unspecified atom stereocenters. The Bertz CT molecular complexity index is 566. The summed E-state index contributed by atoms with van der Waals surface area (Å²) in [7, 11) is 0. The normalized spacial score (nSPS) is 16.4. The summed E-state index contributed by atoms with van der Waals surface area (Å²) in [5.74, 6) is 4.38. The first kappa shape index (κ1) is 14.5. The van der Waals surface area contributed by atoms with Gasteiger partial charge in [-0.25, -0.2) is 4.39 Å². The lowest BCUT2D eigenvalue weighted by Crippen LogP contribution is -2.43. The highest BCUT2D eigenvalue weighted by atomic mass is 19.1. The zero-order valence-electron chi connectivity index (χ0n) is 11.5. The fourth-order valence-corrected chi connectivity index (χ4v) is 2.57. The number of halogens is 1. The molecule has 1 aliphatic rings. The Morgan fingerprint density at radius 3 is 2.80 bits per heavy atom. The summed E-state index contributed by atoms with van der Waals surface area (Å²) in [5, 5.41) is 11.7. The molecule has 0 spiro atoms. The van der Waals surface area contributed by atoms with Gasteiger partial charge < -0.3 is 10.4 Å². The van der Waals surface area contributed by atoms with Crippen molar-refractivity contribution in [1.29, 1.82) is 0 Å². The van der Waals surface area contributed by atoms with E-state index in [1.165, 1.54) is 18.2 Å². The standard InChI is InChI=1S/C16H18FNO2/c1-16(8-2-3-9-16)18-15(20)14-7-6-13(17)11-12(14)5-4-10-19/h6-7,11,19H,2-3,8-10H2,1H3,(H,18,20). The van der Waals surface area contributed by atoms with Gasteiger partial charge in [0.05, 0.1) is 5.56 Å². The summed E-state index contributed by atoms with van der Waals surface area (Å²) in [6.45, 7) is 1.70. The van der Waals surface area contributed by atoms with Crippen LogP contribution in [0.15, 0.2) is 18.2 Å². The van der Waals surface area contributed by atoms with E-state index in [2.05, 4.69) is 17.2 Å². The number of aliphatic hydroxyl groups excluding tert-OH is 1. The molecule has 0 aliphatic heterocycles. The van der Waals surface area contributed by atoms with Gasteiger partial charge >= 0.3 is 0 Å². The fraction of sp³-hybridized carbons (Fsp3) is 0.438. The van der Waals surface area contributed by atoms with Crippen LogP contribution in [-0.4, -0.2) is 23.2 Å². The minimum atomic E-state index is -0.448. The zero-order chi connectivity index (χ0) is 14.6. The number of hydrogen-bond donors (Lipinski definition) is 2. The Kier molecular flexibility index (Phi) is 4.41. The third-order valence-corrected chi connectivity index (χ3v) is 3.65. The maximum atomic E-state index is 13.3. The van der Waals surface area contributed by atoms with Gasteiger partial charge in [0.15, 0.2) is 0 Å². The van der Waals surface area contributed by atoms with E-state index in [1.54, 1.807) is 0 Å². The van der Waals surface area contributed by atoms with Crippen molar-refractivity contribution in [2.24, 2.45) is 0 Å². The minimum absolute atomic E-state index is 0.187. The zero-order valence-corrected chi connectivity index (χ0v) is 11.5. The molecule has 3 nitrogen and oxygen atoms in total. The Hall–Kier alpha value is -1.86. The van der Waals surface area contributed by atoms with E-state index in [0.717, 1.165) is 25.7 Å². The number of carbonyl (C=O) groups excluding carboxylic acids is 1. The molecule has 2 N–H and O–H groups in total. The summed E-state index contributed by atoms with van der Waals surface area (Å²) in [6, 6.07) is 3.90. The number of nitrogens with one attached hydrogen (secondary N) is 1. The summed E-state index contributed by atoms with van der Waals surface area (Å²) in [4.78, 5) is 12.3. The van der Waals surface area contributed by atoms with Crippen LogP contribution in [-0.2, 0) is 0 Å². The number of benzene rings is 1. The van der Waals surface area contributed by atoms with E-state index < -0.39 is 5.82 Å². The predicted octanol–water partition coefficient (Wildman–Crippen LogP) is 2.23. The van der Waals surface area contributed by atoms with Crippen molar-refractivity contribution >= 4 is 5.91 Å². The average molecular weight is 275 g/mol. The molecule has 1 aromatic rings. The van der Waals surface area contributed by atoms with Crippen molar-refractivity contribution in [1.82, 2.24) is 5.32 Å². The molecule has 4 heteroatoms. The monoisotopic (exact) mass is 275 g/mol. The molecule has 0 bridgehead atoms. The smallest absolute Gasteiger partial charge is 0.252 e. The van der Waals surface area contributed by atoms with Gasteiger partial charge in [-0.3, -0.25) is 4.79 Å². The van der Waals surface area contributed by atoms with Gasteiger partial charge in [-0.1, -0.05) is 24.7 Å². The number of amides is 1. The second-order valence-corrected chi connectivity index (χ2v) is 5.37. The average Bonchev–Trinajstić information content (AvgIpc) is 2.82. The van der Waals surface area contributed by atoms with Gasteiger partial charge in [-0.15, -0.1) is 0 Å². The second-order valence-electron chi connectivity index (χ2n) is 5.37. The van der Waals surface area contributed by atoms with E-state index >= 15 is 0 Å². The van der Waals surface area contributed by atoms with E-state index in [-0.39, 0.29) is 18.1 Å². The molecule has 0 aromatic heterocycles. The Balaban J connectivity index is 2.25. The second kappa shape index (κ2) is 6.06. The van der Waals surface area contributed by atoms with Crippen LogP contribution in [0.1, 0.15) is 48.5 Å². The molecule has 2 rings (SSSR count). The minimum Gasteiger partial charge on any atom is -0.384 e. The molecule has 1 aromatic carbocycles. The fourth-order valence-electron chi connectivity index (χ4n) is 2.57. The first-order valence-electron chi connectivity index (χ1n) is 6.76.